The molecule has 9 heteroatoms. The van der Waals surface area contributed by atoms with Gasteiger partial charge in [-0.25, -0.2) is 13.2 Å². The average Bonchev–Trinajstić information content (AvgIpc) is 3.11. The number of carbonyl (C=O) groups is 2. The summed E-state index contributed by atoms with van der Waals surface area (Å²) in [4.78, 5) is 27.3. The molecule has 1 N–H and O–H groups in total. The highest BCUT2D eigenvalue weighted by Crippen LogP contribution is 2.39. The van der Waals surface area contributed by atoms with E-state index >= 15 is 0 Å². The van der Waals surface area contributed by atoms with Gasteiger partial charge in [-0.15, -0.1) is 11.3 Å². The van der Waals surface area contributed by atoms with Gasteiger partial charge in [0.2, 0.25) is 15.9 Å². The Morgan fingerprint density at radius 3 is 2.45 bits per heavy atom. The van der Waals surface area contributed by atoms with Crippen LogP contribution in [0, 0.1) is 13.8 Å². The number of ether oxygens (including phenoxy) is 1. The first-order valence-electron chi connectivity index (χ1n) is 11.3. The van der Waals surface area contributed by atoms with Crippen LogP contribution in [0.15, 0.2) is 18.2 Å². The summed E-state index contributed by atoms with van der Waals surface area (Å²) in [6.07, 6.45) is 5.02. The van der Waals surface area contributed by atoms with E-state index < -0.39 is 27.9 Å². The van der Waals surface area contributed by atoms with E-state index in [1.165, 1.54) is 15.6 Å². The molecule has 3 rings (SSSR count). The number of carbonyl (C=O) groups excluding carboxylic acids is 2. The maximum atomic E-state index is 13.4. The molecule has 0 fully saturated rings. The van der Waals surface area contributed by atoms with E-state index in [9.17, 15) is 18.0 Å². The van der Waals surface area contributed by atoms with Crippen LogP contribution in [0.5, 0.6) is 0 Å². The Morgan fingerprint density at radius 2 is 1.85 bits per heavy atom. The molecule has 1 amide bonds. The Bertz CT molecular complexity index is 1150. The van der Waals surface area contributed by atoms with Crippen LogP contribution in [0.3, 0.4) is 0 Å². The number of benzene rings is 1. The van der Waals surface area contributed by atoms with E-state index in [2.05, 4.69) is 5.32 Å². The minimum absolute atomic E-state index is 0.239. The number of aryl methyl sites for hydroxylation is 3. The number of nitrogens with zero attached hydrogens (tertiary/aromatic N) is 1. The zero-order valence-corrected chi connectivity index (χ0v) is 21.5. The molecule has 1 aromatic carbocycles. The Kier molecular flexibility index (Phi) is 7.84. The van der Waals surface area contributed by atoms with Crippen LogP contribution in [0.1, 0.15) is 65.0 Å². The topological polar surface area (TPSA) is 92.8 Å². The number of amides is 1. The number of esters is 1. The van der Waals surface area contributed by atoms with Crippen LogP contribution in [0.2, 0.25) is 0 Å². The van der Waals surface area contributed by atoms with Gasteiger partial charge >= 0.3 is 5.97 Å². The van der Waals surface area contributed by atoms with Gasteiger partial charge in [0.1, 0.15) is 11.0 Å². The van der Waals surface area contributed by atoms with E-state index in [-0.39, 0.29) is 13.0 Å². The third-order valence-corrected chi connectivity index (χ3v) is 8.35. The number of sulfonamides is 1. The largest absolute Gasteiger partial charge is 0.462 e. The molecule has 7 nitrogen and oxygen atoms in total. The third kappa shape index (κ3) is 5.41. The second-order valence-electron chi connectivity index (χ2n) is 8.38. The quantitative estimate of drug-likeness (QED) is 0.544. The van der Waals surface area contributed by atoms with E-state index in [1.807, 2.05) is 19.9 Å². The fourth-order valence-electron chi connectivity index (χ4n) is 4.19. The smallest absolute Gasteiger partial charge is 0.341 e. The first-order valence-corrected chi connectivity index (χ1v) is 13.9. The second kappa shape index (κ2) is 10.3. The first kappa shape index (κ1) is 25.2. The zero-order valence-electron chi connectivity index (χ0n) is 19.9. The lowest BCUT2D eigenvalue weighted by molar-refractivity contribution is -0.117. The van der Waals surface area contributed by atoms with E-state index in [4.69, 9.17) is 4.74 Å². The minimum atomic E-state index is -3.75. The normalized spacial score (nSPS) is 14.3. The highest BCUT2D eigenvalue weighted by Gasteiger charge is 2.34. The highest BCUT2D eigenvalue weighted by molar-refractivity contribution is 7.92. The van der Waals surface area contributed by atoms with Crippen molar-refractivity contribution in [3.8, 4) is 0 Å². The van der Waals surface area contributed by atoms with Crippen molar-refractivity contribution < 1.29 is 22.7 Å². The zero-order chi connectivity index (χ0) is 24.3. The molecule has 180 valence electrons. The lowest BCUT2D eigenvalue weighted by atomic mass is 9.95. The predicted molar refractivity (Wildman–Crippen MR) is 133 cm³/mol. The Balaban J connectivity index is 2.00. The summed E-state index contributed by atoms with van der Waals surface area (Å²) in [5, 5.41) is 3.32. The number of fused-ring (bicyclic) bond motifs is 1. The van der Waals surface area contributed by atoms with Crippen molar-refractivity contribution in [2.45, 2.75) is 65.8 Å². The number of hydrogen-bond acceptors (Lipinski definition) is 6. The molecule has 0 spiro atoms. The summed E-state index contributed by atoms with van der Waals surface area (Å²) in [6, 6.07) is 4.38. The second-order valence-corrected chi connectivity index (χ2v) is 11.3. The van der Waals surface area contributed by atoms with Gasteiger partial charge in [-0.2, -0.15) is 0 Å². The molecule has 33 heavy (non-hydrogen) atoms. The van der Waals surface area contributed by atoms with Crippen molar-refractivity contribution in [1.29, 1.82) is 0 Å². The predicted octanol–water partition coefficient (Wildman–Crippen LogP) is 4.60. The summed E-state index contributed by atoms with van der Waals surface area (Å²) < 4.78 is 32.0. The van der Waals surface area contributed by atoms with Crippen LogP contribution in [0.4, 0.5) is 10.7 Å². The van der Waals surface area contributed by atoms with E-state index in [1.54, 1.807) is 26.0 Å². The van der Waals surface area contributed by atoms with Gasteiger partial charge in [0, 0.05) is 4.88 Å². The van der Waals surface area contributed by atoms with Crippen molar-refractivity contribution >= 4 is 43.9 Å². The molecule has 1 aromatic heterocycles. The third-order valence-electron chi connectivity index (χ3n) is 5.96. The van der Waals surface area contributed by atoms with Gasteiger partial charge < -0.3 is 10.1 Å². The van der Waals surface area contributed by atoms with Crippen molar-refractivity contribution in [1.82, 2.24) is 0 Å². The molecule has 0 aliphatic heterocycles. The number of anilines is 2. The lowest BCUT2D eigenvalue weighted by Gasteiger charge is -2.30. The van der Waals surface area contributed by atoms with Gasteiger partial charge in [-0.3, -0.25) is 9.10 Å². The first-order chi connectivity index (χ1) is 15.6. The van der Waals surface area contributed by atoms with Crippen molar-refractivity contribution in [2.24, 2.45) is 0 Å². The van der Waals surface area contributed by atoms with Crippen LogP contribution < -0.4 is 9.62 Å². The van der Waals surface area contributed by atoms with E-state index in [0.29, 0.717) is 16.3 Å². The van der Waals surface area contributed by atoms with Crippen molar-refractivity contribution in [3.63, 3.8) is 0 Å². The highest BCUT2D eigenvalue weighted by atomic mass is 32.2. The fraction of sp³-hybridized carbons (Fsp3) is 0.500. The summed E-state index contributed by atoms with van der Waals surface area (Å²) in [6.45, 7) is 7.61. The van der Waals surface area contributed by atoms with E-state index in [0.717, 1.165) is 53.5 Å². The van der Waals surface area contributed by atoms with Crippen LogP contribution in [0.25, 0.3) is 0 Å². The molecule has 1 heterocycles. The number of hydrogen-bond donors (Lipinski definition) is 1. The monoisotopic (exact) mass is 492 g/mol. The Labute approximate surface area is 200 Å². The summed E-state index contributed by atoms with van der Waals surface area (Å²) in [5.74, 6) is -0.917. The van der Waals surface area contributed by atoms with Gasteiger partial charge in [-0.05, 0) is 81.7 Å². The molecular formula is C24H32N2O5S2. The molecule has 0 saturated carbocycles. The van der Waals surface area contributed by atoms with Gasteiger partial charge in [0.25, 0.3) is 0 Å². The maximum absolute atomic E-state index is 13.4. The molecular weight excluding hydrogens is 460 g/mol. The molecule has 1 atom stereocenters. The standard InChI is InChI=1S/C24H32N2O5S2/c1-6-19(26(33(5,29)30)17-13-12-15(3)16(4)14-17)22(27)25-23-21(24(28)31-7-2)18-10-8-9-11-20(18)32-23/h12-14,19H,6-11H2,1-5H3,(H,25,27)/t19-/m0/s1. The number of thiophene rings is 1. The molecule has 0 unspecified atom stereocenters. The van der Waals surface area contributed by atoms with Gasteiger partial charge in [0.15, 0.2) is 0 Å². The fourth-order valence-corrected chi connectivity index (χ4v) is 6.68. The summed E-state index contributed by atoms with van der Waals surface area (Å²) >= 11 is 1.39. The van der Waals surface area contributed by atoms with Gasteiger partial charge in [-0.1, -0.05) is 13.0 Å². The molecule has 0 saturated heterocycles. The SMILES string of the molecule is CCOC(=O)c1c(NC(=O)[C@H](CC)N(c2ccc(C)c(C)c2)S(C)(=O)=O)sc2c1CCCC2. The number of nitrogens with one attached hydrogen (secondary N) is 1. The molecule has 1 aliphatic carbocycles. The average molecular weight is 493 g/mol. The molecule has 2 aromatic rings. The number of rotatable bonds is 8. The molecule has 1 aliphatic rings. The lowest BCUT2D eigenvalue weighted by Crippen LogP contribution is -2.47. The Hall–Kier alpha value is -2.39. The van der Waals surface area contributed by atoms with Crippen molar-refractivity contribution in [2.75, 3.05) is 22.5 Å². The van der Waals surface area contributed by atoms with Crippen LogP contribution in [-0.4, -0.2) is 39.2 Å². The Morgan fingerprint density at radius 1 is 1.15 bits per heavy atom. The summed E-state index contributed by atoms with van der Waals surface area (Å²) in [7, 11) is -3.75. The van der Waals surface area contributed by atoms with Crippen LogP contribution in [-0.2, 0) is 32.4 Å². The maximum Gasteiger partial charge on any atom is 0.341 e. The van der Waals surface area contributed by atoms with Crippen LogP contribution >= 0.6 is 11.3 Å². The van der Waals surface area contributed by atoms with Crippen molar-refractivity contribution in [3.05, 3.63) is 45.3 Å². The molecule has 0 radical (unpaired) electrons. The summed E-state index contributed by atoms with van der Waals surface area (Å²) in [5.41, 5.74) is 3.78. The van der Waals surface area contributed by atoms with Gasteiger partial charge in [0.05, 0.1) is 24.1 Å². The minimum Gasteiger partial charge on any atom is -0.462 e. The molecule has 0 bridgehead atoms.